The smallest absolute Gasteiger partial charge is 0.254 e. The van der Waals surface area contributed by atoms with E-state index in [0.717, 1.165) is 24.2 Å². The average molecular weight is 343 g/mol. The maximum Gasteiger partial charge on any atom is 0.254 e. The molecule has 1 aromatic heterocycles. The first kappa shape index (κ1) is 17.5. The van der Waals surface area contributed by atoms with E-state index >= 15 is 0 Å². The number of carbonyl (C=O) groups is 1. The van der Waals surface area contributed by atoms with Crippen molar-refractivity contribution in [3.8, 4) is 0 Å². The fraction of sp³-hybridized carbons (Fsp3) is 0.368. The van der Waals surface area contributed by atoms with Crippen molar-refractivity contribution in [1.29, 1.82) is 0 Å². The highest BCUT2D eigenvalue weighted by Crippen LogP contribution is 2.20. The maximum atomic E-state index is 14.0. The molecule has 0 unspecified atom stereocenters. The van der Waals surface area contributed by atoms with Gasteiger partial charge >= 0.3 is 0 Å². The van der Waals surface area contributed by atoms with Gasteiger partial charge < -0.3 is 10.1 Å². The van der Waals surface area contributed by atoms with E-state index in [2.05, 4.69) is 15.2 Å². The zero-order valence-electron chi connectivity index (χ0n) is 14.2. The van der Waals surface area contributed by atoms with Crippen molar-refractivity contribution in [2.24, 2.45) is 0 Å². The number of hydrogen-bond donors (Lipinski definition) is 1. The molecule has 0 radical (unpaired) electrons. The van der Waals surface area contributed by atoms with Crippen LogP contribution in [0.5, 0.6) is 0 Å². The molecule has 1 atom stereocenters. The van der Waals surface area contributed by atoms with Gasteiger partial charge in [0.15, 0.2) is 0 Å². The van der Waals surface area contributed by atoms with Gasteiger partial charge in [0.2, 0.25) is 0 Å². The summed E-state index contributed by atoms with van der Waals surface area (Å²) in [5, 5.41) is 2.87. The Morgan fingerprint density at radius 1 is 1.36 bits per heavy atom. The largest absolute Gasteiger partial charge is 0.379 e. The van der Waals surface area contributed by atoms with Crippen LogP contribution in [0, 0.1) is 12.7 Å². The molecule has 1 aliphatic heterocycles. The average Bonchev–Trinajstić information content (AvgIpc) is 2.63. The van der Waals surface area contributed by atoms with Crippen LogP contribution < -0.4 is 5.32 Å². The molecule has 3 rings (SSSR count). The van der Waals surface area contributed by atoms with Crippen molar-refractivity contribution in [2.75, 3.05) is 32.8 Å². The molecule has 2 heterocycles. The molecule has 5 nitrogen and oxygen atoms in total. The quantitative estimate of drug-likeness (QED) is 0.905. The first-order valence-corrected chi connectivity index (χ1v) is 8.41. The second-order valence-corrected chi connectivity index (χ2v) is 6.14. The molecule has 0 saturated carbocycles. The van der Waals surface area contributed by atoms with Gasteiger partial charge in [-0.3, -0.25) is 14.7 Å². The number of nitrogens with one attached hydrogen (secondary N) is 1. The summed E-state index contributed by atoms with van der Waals surface area (Å²) in [5.41, 5.74) is 1.88. The summed E-state index contributed by atoms with van der Waals surface area (Å²) < 4.78 is 19.4. The topological polar surface area (TPSA) is 54.5 Å². The molecule has 1 N–H and O–H groups in total. The van der Waals surface area contributed by atoms with Crippen LogP contribution >= 0.6 is 0 Å². The van der Waals surface area contributed by atoms with Gasteiger partial charge in [-0.05, 0) is 36.2 Å². The van der Waals surface area contributed by atoms with E-state index in [0.29, 0.717) is 19.8 Å². The fourth-order valence-corrected chi connectivity index (χ4v) is 3.01. The Morgan fingerprint density at radius 2 is 2.16 bits per heavy atom. The van der Waals surface area contributed by atoms with Gasteiger partial charge in [0.05, 0.1) is 24.8 Å². The highest BCUT2D eigenvalue weighted by atomic mass is 19.1. The Bertz CT molecular complexity index is 718. The normalized spacial score (nSPS) is 16.4. The molecule has 6 heteroatoms. The standard InChI is InChI=1S/C19H22FN3O2/c1-14-4-5-16(17(20)11-14)19(24)22-13-18(15-3-2-6-21-12-15)23-7-9-25-10-8-23/h2-6,11-12,18H,7-10,13H2,1H3,(H,22,24)/t18-/m1/s1. The summed E-state index contributed by atoms with van der Waals surface area (Å²) in [7, 11) is 0. The third-order valence-corrected chi connectivity index (χ3v) is 4.38. The molecule has 0 bridgehead atoms. The van der Waals surface area contributed by atoms with E-state index < -0.39 is 11.7 Å². The van der Waals surface area contributed by atoms with Crippen molar-refractivity contribution in [3.63, 3.8) is 0 Å². The van der Waals surface area contributed by atoms with E-state index in [-0.39, 0.29) is 11.6 Å². The van der Waals surface area contributed by atoms with Crippen LogP contribution in [0.1, 0.15) is 27.5 Å². The Balaban J connectivity index is 1.72. The highest BCUT2D eigenvalue weighted by Gasteiger charge is 2.24. The highest BCUT2D eigenvalue weighted by molar-refractivity contribution is 5.94. The van der Waals surface area contributed by atoms with Crippen molar-refractivity contribution in [2.45, 2.75) is 13.0 Å². The Kier molecular flexibility index (Phi) is 5.73. The number of rotatable bonds is 5. The van der Waals surface area contributed by atoms with Gasteiger partial charge in [0.1, 0.15) is 5.82 Å². The Labute approximate surface area is 146 Å². The molecule has 1 fully saturated rings. The minimum absolute atomic E-state index is 0.0185. The number of ether oxygens (including phenoxy) is 1. The van der Waals surface area contributed by atoms with Crippen molar-refractivity contribution < 1.29 is 13.9 Å². The number of benzene rings is 1. The number of aromatic nitrogens is 1. The van der Waals surface area contributed by atoms with E-state index in [9.17, 15) is 9.18 Å². The summed E-state index contributed by atoms with van der Waals surface area (Å²) in [5.74, 6) is -0.901. The number of amides is 1. The van der Waals surface area contributed by atoms with Crippen LogP contribution in [0.4, 0.5) is 4.39 Å². The minimum atomic E-state index is -0.498. The maximum absolute atomic E-state index is 14.0. The monoisotopic (exact) mass is 343 g/mol. The molecular formula is C19H22FN3O2. The number of aryl methyl sites for hydroxylation is 1. The second-order valence-electron chi connectivity index (χ2n) is 6.14. The minimum Gasteiger partial charge on any atom is -0.379 e. The lowest BCUT2D eigenvalue weighted by Gasteiger charge is -2.34. The zero-order chi connectivity index (χ0) is 17.6. The Hall–Kier alpha value is -2.31. The lowest BCUT2D eigenvalue weighted by Crippen LogP contribution is -2.44. The number of morpholine rings is 1. The predicted molar refractivity (Wildman–Crippen MR) is 92.8 cm³/mol. The predicted octanol–water partition coefficient (Wildman–Crippen LogP) is 2.33. The molecule has 2 aromatic rings. The van der Waals surface area contributed by atoms with Gasteiger partial charge in [-0.1, -0.05) is 12.1 Å². The van der Waals surface area contributed by atoms with Crippen LogP contribution in [0.3, 0.4) is 0 Å². The van der Waals surface area contributed by atoms with Gasteiger partial charge in [-0.15, -0.1) is 0 Å². The van der Waals surface area contributed by atoms with E-state index in [1.807, 2.05) is 12.1 Å². The first-order valence-electron chi connectivity index (χ1n) is 8.41. The van der Waals surface area contributed by atoms with Crippen LogP contribution in [0.2, 0.25) is 0 Å². The molecule has 1 amide bonds. The summed E-state index contributed by atoms with van der Waals surface area (Å²) in [6.07, 6.45) is 3.53. The van der Waals surface area contributed by atoms with Crippen LogP contribution in [0.25, 0.3) is 0 Å². The van der Waals surface area contributed by atoms with Crippen LogP contribution in [-0.4, -0.2) is 48.6 Å². The number of pyridine rings is 1. The molecule has 0 aliphatic carbocycles. The number of nitrogens with zero attached hydrogens (tertiary/aromatic N) is 2. The molecule has 0 spiro atoms. The molecule has 1 aromatic carbocycles. The SMILES string of the molecule is Cc1ccc(C(=O)NC[C@H](c2cccnc2)N2CCOCC2)c(F)c1. The van der Waals surface area contributed by atoms with Crippen molar-refractivity contribution in [3.05, 3.63) is 65.2 Å². The van der Waals surface area contributed by atoms with Gasteiger partial charge in [0.25, 0.3) is 5.91 Å². The second kappa shape index (κ2) is 8.18. The lowest BCUT2D eigenvalue weighted by molar-refractivity contribution is 0.0161. The Morgan fingerprint density at radius 3 is 2.84 bits per heavy atom. The van der Waals surface area contributed by atoms with E-state index in [1.165, 1.54) is 12.1 Å². The third-order valence-electron chi connectivity index (χ3n) is 4.38. The molecule has 1 aliphatic rings. The lowest BCUT2D eigenvalue weighted by atomic mass is 10.1. The fourth-order valence-electron chi connectivity index (χ4n) is 3.01. The summed E-state index contributed by atoms with van der Waals surface area (Å²) >= 11 is 0. The van der Waals surface area contributed by atoms with Crippen molar-refractivity contribution >= 4 is 5.91 Å². The summed E-state index contributed by atoms with van der Waals surface area (Å²) in [6, 6.07) is 8.48. The van der Waals surface area contributed by atoms with E-state index in [1.54, 1.807) is 25.4 Å². The van der Waals surface area contributed by atoms with Gasteiger partial charge in [-0.25, -0.2) is 4.39 Å². The molecule has 132 valence electrons. The van der Waals surface area contributed by atoms with Gasteiger partial charge in [-0.2, -0.15) is 0 Å². The first-order chi connectivity index (χ1) is 12.1. The molecule has 25 heavy (non-hydrogen) atoms. The van der Waals surface area contributed by atoms with Crippen LogP contribution in [-0.2, 0) is 4.74 Å². The summed E-state index contributed by atoms with van der Waals surface area (Å²) in [4.78, 5) is 18.8. The van der Waals surface area contributed by atoms with Gasteiger partial charge in [0, 0.05) is 32.0 Å². The molecular weight excluding hydrogens is 321 g/mol. The third kappa shape index (κ3) is 4.41. The number of carbonyl (C=O) groups excluding carboxylic acids is 1. The number of hydrogen-bond acceptors (Lipinski definition) is 4. The van der Waals surface area contributed by atoms with Crippen molar-refractivity contribution in [1.82, 2.24) is 15.2 Å². The van der Waals surface area contributed by atoms with E-state index in [4.69, 9.17) is 4.74 Å². The van der Waals surface area contributed by atoms with Crippen LogP contribution in [0.15, 0.2) is 42.7 Å². The number of halogens is 1. The molecule has 1 saturated heterocycles. The zero-order valence-corrected chi connectivity index (χ0v) is 14.2. The summed E-state index contributed by atoms with van der Waals surface area (Å²) in [6.45, 7) is 5.08.